The summed E-state index contributed by atoms with van der Waals surface area (Å²) in [5, 5.41) is 18.6. The zero-order valence-electron chi connectivity index (χ0n) is 19.1. The van der Waals surface area contributed by atoms with Crippen LogP contribution >= 0.6 is 0 Å². The van der Waals surface area contributed by atoms with Crippen LogP contribution in [0.1, 0.15) is 55.7 Å². The van der Waals surface area contributed by atoms with Gasteiger partial charge in [0.25, 0.3) is 0 Å². The van der Waals surface area contributed by atoms with Crippen molar-refractivity contribution in [3.8, 4) is 17.1 Å². The van der Waals surface area contributed by atoms with Crippen molar-refractivity contribution in [2.45, 2.75) is 51.5 Å². The van der Waals surface area contributed by atoms with Gasteiger partial charge < -0.3 is 10.4 Å². The van der Waals surface area contributed by atoms with E-state index < -0.39 is 5.82 Å². The predicted molar refractivity (Wildman–Crippen MR) is 128 cm³/mol. The first-order valence-electron chi connectivity index (χ1n) is 11.6. The first-order chi connectivity index (χ1) is 16.5. The van der Waals surface area contributed by atoms with Crippen LogP contribution in [0.5, 0.6) is 5.75 Å². The smallest absolute Gasteiger partial charge is 0.228 e. The van der Waals surface area contributed by atoms with E-state index in [9.17, 15) is 9.50 Å². The number of hydrogen-bond donors (Lipinski definition) is 2. The number of halogens is 1. The largest absolute Gasteiger partial charge is 0.507 e. The van der Waals surface area contributed by atoms with E-state index in [0.717, 1.165) is 36.8 Å². The Morgan fingerprint density at radius 1 is 1.18 bits per heavy atom. The number of pyridine rings is 1. The molecule has 0 radical (unpaired) electrons. The summed E-state index contributed by atoms with van der Waals surface area (Å²) in [5.41, 5.74) is 7.06. The minimum absolute atomic E-state index is 0.118. The van der Waals surface area contributed by atoms with Crippen LogP contribution < -0.4 is 5.32 Å². The molecule has 0 aliphatic heterocycles. The van der Waals surface area contributed by atoms with Gasteiger partial charge >= 0.3 is 0 Å². The Bertz CT molecular complexity index is 1460. The number of aromatic hydroxyl groups is 1. The lowest BCUT2D eigenvalue weighted by Gasteiger charge is -2.26. The fraction of sp³-hybridized carbons (Fsp3) is 0.308. The highest BCUT2D eigenvalue weighted by Crippen LogP contribution is 2.45. The second-order valence-electron chi connectivity index (χ2n) is 9.41. The predicted octanol–water partition coefficient (Wildman–Crippen LogP) is 5.13. The van der Waals surface area contributed by atoms with Crippen molar-refractivity contribution in [2.24, 2.45) is 0 Å². The molecule has 0 amide bonds. The van der Waals surface area contributed by atoms with E-state index >= 15 is 0 Å². The SMILES string of the molecule is CC(C)c1cnn2c(NC3CCC4=C(C3)c3c(O)cccc3C4)nc(-c3cncc(F)c3)nc12. The van der Waals surface area contributed by atoms with E-state index in [4.69, 9.17) is 9.97 Å². The maximum absolute atomic E-state index is 13.9. The highest BCUT2D eigenvalue weighted by molar-refractivity contribution is 5.81. The van der Waals surface area contributed by atoms with E-state index in [1.54, 1.807) is 16.8 Å². The van der Waals surface area contributed by atoms with Gasteiger partial charge in [-0.05, 0) is 54.9 Å². The van der Waals surface area contributed by atoms with Crippen LogP contribution in [-0.4, -0.2) is 35.7 Å². The van der Waals surface area contributed by atoms with Crippen LogP contribution in [0, 0.1) is 5.82 Å². The fourth-order valence-electron chi connectivity index (χ4n) is 5.14. The van der Waals surface area contributed by atoms with E-state index in [-0.39, 0.29) is 12.0 Å². The minimum atomic E-state index is -0.431. The number of nitrogens with one attached hydrogen (secondary N) is 1. The number of nitrogens with zero attached hydrogens (tertiary/aromatic N) is 5. The molecule has 7 nitrogen and oxygen atoms in total. The maximum Gasteiger partial charge on any atom is 0.228 e. The minimum Gasteiger partial charge on any atom is -0.507 e. The number of phenols is 1. The molecule has 0 spiro atoms. The molecule has 34 heavy (non-hydrogen) atoms. The molecule has 172 valence electrons. The van der Waals surface area contributed by atoms with Gasteiger partial charge in [0.2, 0.25) is 5.95 Å². The van der Waals surface area contributed by atoms with Crippen LogP contribution in [0.3, 0.4) is 0 Å². The average molecular weight is 457 g/mol. The Kier molecular flexibility index (Phi) is 4.83. The standard InChI is InChI=1S/C26H25FN6O/c1-14(2)21-13-29-33-25(21)31-24(17-9-18(27)12-28-11-17)32-26(33)30-19-7-6-15-8-16-4-3-5-22(34)23(16)20(15)10-19/h3-5,9,11-14,19,34H,6-8,10H2,1-2H3,(H,30,31,32). The van der Waals surface area contributed by atoms with E-state index in [1.165, 1.54) is 29.0 Å². The Hall–Kier alpha value is -3.81. The maximum atomic E-state index is 13.9. The molecule has 6 rings (SSSR count). The molecule has 0 fully saturated rings. The number of phenolic OH excluding ortho intramolecular Hbond substituents is 1. The molecule has 0 saturated heterocycles. The molecule has 2 aliphatic carbocycles. The summed E-state index contributed by atoms with van der Waals surface area (Å²) in [6.45, 7) is 4.18. The summed E-state index contributed by atoms with van der Waals surface area (Å²) in [6.07, 6.45) is 8.18. The number of aromatic nitrogens is 5. The van der Waals surface area contributed by atoms with Crippen molar-refractivity contribution >= 4 is 17.2 Å². The number of anilines is 1. The molecular weight excluding hydrogens is 431 g/mol. The topological polar surface area (TPSA) is 88.2 Å². The van der Waals surface area contributed by atoms with E-state index in [2.05, 4.69) is 35.3 Å². The van der Waals surface area contributed by atoms with Gasteiger partial charge in [-0.2, -0.15) is 14.6 Å². The normalized spacial score (nSPS) is 17.4. The van der Waals surface area contributed by atoms with Gasteiger partial charge in [0.05, 0.1) is 12.4 Å². The molecule has 4 aromatic rings. The lowest BCUT2D eigenvalue weighted by molar-refractivity contribution is 0.472. The molecule has 3 aromatic heterocycles. The fourth-order valence-corrected chi connectivity index (χ4v) is 5.14. The molecule has 8 heteroatoms. The van der Waals surface area contributed by atoms with Crippen molar-refractivity contribution in [1.82, 2.24) is 24.6 Å². The zero-order valence-corrected chi connectivity index (χ0v) is 19.1. The Morgan fingerprint density at radius 3 is 2.88 bits per heavy atom. The summed E-state index contributed by atoms with van der Waals surface area (Å²) in [6, 6.07) is 7.28. The van der Waals surface area contributed by atoms with Gasteiger partial charge in [-0.25, -0.2) is 9.37 Å². The number of hydrogen-bond acceptors (Lipinski definition) is 6. The van der Waals surface area contributed by atoms with Gasteiger partial charge in [-0.1, -0.05) is 31.6 Å². The third-order valence-electron chi connectivity index (χ3n) is 6.82. The monoisotopic (exact) mass is 456 g/mol. The number of allylic oxidation sites excluding steroid dienone is 1. The average Bonchev–Trinajstić information content (AvgIpc) is 3.41. The van der Waals surface area contributed by atoms with Crippen LogP contribution in [0.25, 0.3) is 22.6 Å². The summed E-state index contributed by atoms with van der Waals surface area (Å²) >= 11 is 0. The highest BCUT2D eigenvalue weighted by Gasteiger charge is 2.31. The number of benzene rings is 1. The van der Waals surface area contributed by atoms with Gasteiger partial charge in [0.1, 0.15) is 11.6 Å². The molecule has 0 bridgehead atoms. The van der Waals surface area contributed by atoms with E-state index in [0.29, 0.717) is 28.7 Å². The first kappa shape index (κ1) is 20.8. The molecule has 1 atom stereocenters. The Morgan fingerprint density at radius 2 is 2.06 bits per heavy atom. The van der Waals surface area contributed by atoms with Crippen LogP contribution in [0.15, 0.2) is 48.4 Å². The molecule has 1 aromatic carbocycles. The van der Waals surface area contributed by atoms with Crippen molar-refractivity contribution in [3.05, 3.63) is 70.9 Å². The molecule has 3 heterocycles. The highest BCUT2D eigenvalue weighted by atomic mass is 19.1. The zero-order chi connectivity index (χ0) is 23.4. The number of rotatable bonds is 4. The van der Waals surface area contributed by atoms with Gasteiger partial charge in [-0.15, -0.1) is 0 Å². The summed E-state index contributed by atoms with van der Waals surface area (Å²) in [5.74, 6) is 1.12. The second-order valence-corrected chi connectivity index (χ2v) is 9.41. The summed E-state index contributed by atoms with van der Waals surface area (Å²) < 4.78 is 15.6. The molecule has 2 aliphatic rings. The lowest BCUT2D eigenvalue weighted by atomic mass is 9.88. The quantitative estimate of drug-likeness (QED) is 0.443. The van der Waals surface area contributed by atoms with Crippen molar-refractivity contribution in [1.29, 1.82) is 0 Å². The third kappa shape index (κ3) is 3.41. The van der Waals surface area contributed by atoms with Gasteiger partial charge in [0.15, 0.2) is 11.5 Å². The lowest BCUT2D eigenvalue weighted by Crippen LogP contribution is -2.25. The summed E-state index contributed by atoms with van der Waals surface area (Å²) in [7, 11) is 0. The van der Waals surface area contributed by atoms with Crippen LogP contribution in [-0.2, 0) is 6.42 Å². The van der Waals surface area contributed by atoms with Crippen molar-refractivity contribution in [2.75, 3.05) is 5.32 Å². The molecular formula is C26H25FN6O. The van der Waals surface area contributed by atoms with Crippen molar-refractivity contribution in [3.63, 3.8) is 0 Å². The number of fused-ring (bicyclic) bond motifs is 3. The molecule has 1 unspecified atom stereocenters. The van der Waals surface area contributed by atoms with Crippen molar-refractivity contribution < 1.29 is 9.50 Å². The molecule has 2 N–H and O–H groups in total. The van der Waals surface area contributed by atoms with Gasteiger partial charge in [-0.3, -0.25) is 4.98 Å². The second kappa shape index (κ2) is 7.90. The third-order valence-corrected chi connectivity index (χ3v) is 6.82. The Labute approximate surface area is 196 Å². The molecule has 0 saturated carbocycles. The van der Waals surface area contributed by atoms with Crippen LogP contribution in [0.2, 0.25) is 0 Å². The Balaban J connectivity index is 1.39. The van der Waals surface area contributed by atoms with Crippen LogP contribution in [0.4, 0.5) is 10.3 Å². The summed E-state index contributed by atoms with van der Waals surface area (Å²) in [4.78, 5) is 13.4. The van der Waals surface area contributed by atoms with Gasteiger partial charge in [0, 0.05) is 28.9 Å². The van der Waals surface area contributed by atoms with E-state index in [1.807, 2.05) is 12.3 Å². The first-order valence-corrected chi connectivity index (χ1v) is 11.6.